The van der Waals surface area contributed by atoms with E-state index in [4.69, 9.17) is 14.0 Å². The second-order valence-corrected chi connectivity index (χ2v) is 7.75. The Labute approximate surface area is 196 Å². The Kier molecular flexibility index (Phi) is 6.73. The van der Waals surface area contributed by atoms with Gasteiger partial charge in [-0.3, -0.25) is 4.90 Å². The number of amides is 1. The Morgan fingerprint density at radius 2 is 2.09 bits per heavy atom. The van der Waals surface area contributed by atoms with Crippen LogP contribution in [0.25, 0.3) is 11.4 Å². The molecule has 0 spiro atoms. The molecule has 2 aromatic heterocycles. The molecule has 0 radical (unpaired) electrons. The van der Waals surface area contributed by atoms with Gasteiger partial charge in [0.1, 0.15) is 30.3 Å². The molecule has 186 valence electrons. The number of hydrogen-bond acceptors (Lipinski definition) is 10. The van der Waals surface area contributed by atoms with E-state index in [-0.39, 0.29) is 35.8 Å². The van der Waals surface area contributed by atoms with Gasteiger partial charge in [0.05, 0.1) is 6.10 Å². The molecular weight excluding hydrogens is 473 g/mol. The number of aliphatic hydroxyl groups excluding tert-OH is 1. The van der Waals surface area contributed by atoms with Gasteiger partial charge < -0.3 is 24.4 Å². The minimum atomic E-state index is -4.46. The van der Waals surface area contributed by atoms with Crippen molar-refractivity contribution in [3.63, 3.8) is 0 Å². The van der Waals surface area contributed by atoms with Gasteiger partial charge in [-0.15, -0.1) is 0 Å². The van der Waals surface area contributed by atoms with Gasteiger partial charge in [-0.25, -0.2) is 9.78 Å². The summed E-state index contributed by atoms with van der Waals surface area (Å²) in [6.45, 7) is 1.88. The molecular formula is C21H21F3N6O5. The number of carbonyl (C=O) groups is 1. The van der Waals surface area contributed by atoms with E-state index in [1.807, 2.05) is 0 Å². The number of nitrogens with zero attached hydrogens (tertiary/aromatic N) is 5. The van der Waals surface area contributed by atoms with Gasteiger partial charge in [-0.1, -0.05) is 17.3 Å². The highest BCUT2D eigenvalue weighted by Crippen LogP contribution is 2.27. The number of rotatable bonds is 8. The van der Waals surface area contributed by atoms with Crippen molar-refractivity contribution in [2.75, 3.05) is 23.4 Å². The number of cyclic esters (lactones) is 1. The predicted molar refractivity (Wildman–Crippen MR) is 115 cm³/mol. The van der Waals surface area contributed by atoms with Crippen LogP contribution in [0.2, 0.25) is 0 Å². The van der Waals surface area contributed by atoms with Crippen LogP contribution in [0.4, 0.5) is 29.7 Å². The van der Waals surface area contributed by atoms with E-state index in [0.29, 0.717) is 5.56 Å². The summed E-state index contributed by atoms with van der Waals surface area (Å²) < 4.78 is 52.3. The average Bonchev–Trinajstić information content (AvgIpc) is 3.45. The molecule has 0 saturated carbocycles. The second-order valence-electron chi connectivity index (χ2n) is 7.75. The third-order valence-electron chi connectivity index (χ3n) is 5.00. The molecule has 3 heterocycles. The van der Waals surface area contributed by atoms with Gasteiger partial charge in [-0.05, 0) is 32.0 Å². The maximum absolute atomic E-state index is 12.4. The summed E-state index contributed by atoms with van der Waals surface area (Å²) in [6.07, 6.45) is -4.48. The van der Waals surface area contributed by atoms with E-state index in [2.05, 4.69) is 25.4 Å². The number of benzene rings is 1. The minimum absolute atomic E-state index is 0.0125. The van der Waals surface area contributed by atoms with Gasteiger partial charge >= 0.3 is 12.3 Å². The lowest BCUT2D eigenvalue weighted by Crippen LogP contribution is -2.41. The van der Waals surface area contributed by atoms with E-state index in [1.165, 1.54) is 35.4 Å². The summed E-state index contributed by atoms with van der Waals surface area (Å²) in [5, 5.41) is 16.8. The van der Waals surface area contributed by atoms with Crippen LogP contribution in [-0.4, -0.2) is 62.8 Å². The molecule has 1 aliphatic heterocycles. The molecule has 4 rings (SSSR count). The number of alkyl halides is 3. The third kappa shape index (κ3) is 5.77. The van der Waals surface area contributed by atoms with Crippen molar-refractivity contribution in [1.29, 1.82) is 0 Å². The van der Waals surface area contributed by atoms with Crippen LogP contribution < -0.4 is 15.0 Å². The van der Waals surface area contributed by atoms with Crippen LogP contribution in [0.1, 0.15) is 25.8 Å². The highest BCUT2D eigenvalue weighted by molar-refractivity contribution is 5.89. The smallest absolute Gasteiger partial charge is 0.422 e. The van der Waals surface area contributed by atoms with Crippen LogP contribution in [-0.2, 0) is 4.74 Å². The first-order chi connectivity index (χ1) is 16.6. The van der Waals surface area contributed by atoms with E-state index < -0.39 is 37.1 Å². The van der Waals surface area contributed by atoms with Crippen LogP contribution in [0.15, 0.2) is 41.1 Å². The number of nitrogens with one attached hydrogen (secondary N) is 1. The number of carbonyl (C=O) groups excluding carboxylic acids is 1. The Balaban J connectivity index is 1.46. The molecule has 0 unspecified atom stereocenters. The van der Waals surface area contributed by atoms with Crippen LogP contribution >= 0.6 is 0 Å². The van der Waals surface area contributed by atoms with Crippen LogP contribution in [0.3, 0.4) is 0 Å². The fourth-order valence-corrected chi connectivity index (χ4v) is 3.28. The number of aromatic nitrogens is 4. The summed E-state index contributed by atoms with van der Waals surface area (Å²) >= 11 is 0. The minimum Gasteiger partial charge on any atom is -0.484 e. The van der Waals surface area contributed by atoms with E-state index in [9.17, 15) is 23.1 Å². The van der Waals surface area contributed by atoms with Gasteiger partial charge in [0.2, 0.25) is 17.7 Å². The predicted octanol–water partition coefficient (Wildman–Crippen LogP) is 3.35. The fourth-order valence-electron chi connectivity index (χ4n) is 3.28. The Hall–Kier alpha value is -3.94. The van der Waals surface area contributed by atoms with Gasteiger partial charge in [0.25, 0.3) is 0 Å². The molecule has 1 aromatic carbocycles. The zero-order valence-corrected chi connectivity index (χ0v) is 18.6. The Morgan fingerprint density at radius 3 is 2.83 bits per heavy atom. The topological polar surface area (TPSA) is 136 Å². The second kappa shape index (κ2) is 9.74. The molecule has 1 saturated heterocycles. The number of hydrogen-bond donors (Lipinski definition) is 2. The van der Waals surface area contributed by atoms with Crippen molar-refractivity contribution in [3.8, 4) is 17.1 Å². The first kappa shape index (κ1) is 24.2. The number of ether oxygens (including phenoxy) is 2. The van der Waals surface area contributed by atoms with Crippen molar-refractivity contribution in [1.82, 2.24) is 20.1 Å². The molecule has 3 atom stereocenters. The Bertz CT molecular complexity index is 1190. The van der Waals surface area contributed by atoms with E-state index in [1.54, 1.807) is 19.9 Å². The maximum Gasteiger partial charge on any atom is 0.422 e. The molecule has 14 heteroatoms. The lowest BCUT2D eigenvalue weighted by atomic mass is 10.2. The number of anilines is 2. The number of halogens is 3. The summed E-state index contributed by atoms with van der Waals surface area (Å²) in [7, 11) is 0. The van der Waals surface area contributed by atoms with Crippen molar-refractivity contribution in [2.24, 2.45) is 0 Å². The highest BCUT2D eigenvalue weighted by atomic mass is 19.4. The molecule has 35 heavy (non-hydrogen) atoms. The molecule has 1 fully saturated rings. The van der Waals surface area contributed by atoms with Crippen LogP contribution in [0.5, 0.6) is 5.75 Å². The zero-order chi connectivity index (χ0) is 25.2. The lowest BCUT2D eigenvalue weighted by Gasteiger charge is -2.22. The molecule has 0 bridgehead atoms. The standard InChI is InChI=1S/C21H21F3N6O5/c1-11(26-19-25-7-6-16(27-19)30-15(12(2)31)9-33-20(30)32)18-28-17(29-35-18)13-4-3-5-14(8-13)34-10-21(22,23)24/h3-8,11-12,15,31H,9-10H2,1-2H3,(H,25,26,27)/t11-,12+,15+/m0/s1. The zero-order valence-electron chi connectivity index (χ0n) is 18.6. The van der Waals surface area contributed by atoms with Crippen molar-refractivity contribution in [3.05, 3.63) is 42.4 Å². The first-order valence-electron chi connectivity index (χ1n) is 10.5. The van der Waals surface area contributed by atoms with Crippen molar-refractivity contribution >= 4 is 17.9 Å². The van der Waals surface area contributed by atoms with Crippen molar-refractivity contribution in [2.45, 2.75) is 38.2 Å². The maximum atomic E-state index is 12.4. The number of aliphatic hydroxyl groups is 1. The van der Waals surface area contributed by atoms with Crippen LogP contribution in [0, 0.1) is 0 Å². The fraction of sp³-hybridized carbons (Fsp3) is 0.381. The average molecular weight is 494 g/mol. The normalized spacial score (nSPS) is 17.7. The third-order valence-corrected chi connectivity index (χ3v) is 5.00. The molecule has 1 amide bonds. The van der Waals surface area contributed by atoms with E-state index >= 15 is 0 Å². The summed E-state index contributed by atoms with van der Waals surface area (Å²) in [6, 6.07) is 6.25. The SMILES string of the molecule is C[C@H](Nc1nccc(N2C(=O)OC[C@@H]2[C@@H](C)O)n1)c1nc(-c2cccc(OCC(F)(F)F)c2)no1. The molecule has 1 aliphatic rings. The van der Waals surface area contributed by atoms with Gasteiger partial charge in [0, 0.05) is 11.8 Å². The first-order valence-corrected chi connectivity index (χ1v) is 10.5. The summed E-state index contributed by atoms with van der Waals surface area (Å²) in [4.78, 5) is 26.1. The quantitative estimate of drug-likeness (QED) is 0.480. The largest absolute Gasteiger partial charge is 0.484 e. The molecule has 0 aliphatic carbocycles. The van der Waals surface area contributed by atoms with Gasteiger partial charge in [-0.2, -0.15) is 23.1 Å². The molecule has 11 nitrogen and oxygen atoms in total. The van der Waals surface area contributed by atoms with Gasteiger partial charge in [0.15, 0.2) is 6.61 Å². The van der Waals surface area contributed by atoms with Crippen molar-refractivity contribution < 1.29 is 37.1 Å². The molecule has 3 aromatic rings. The lowest BCUT2D eigenvalue weighted by molar-refractivity contribution is -0.153. The van der Waals surface area contributed by atoms with E-state index in [0.717, 1.165) is 0 Å². The highest BCUT2D eigenvalue weighted by Gasteiger charge is 2.38. The molecule has 2 N–H and O–H groups in total. The Morgan fingerprint density at radius 1 is 1.29 bits per heavy atom. The monoisotopic (exact) mass is 494 g/mol. The summed E-state index contributed by atoms with van der Waals surface area (Å²) in [5.41, 5.74) is 0.404. The summed E-state index contributed by atoms with van der Waals surface area (Å²) in [5.74, 6) is 0.725.